The van der Waals surface area contributed by atoms with E-state index in [0.717, 1.165) is 86.7 Å². The number of rotatable bonds is 20. The van der Waals surface area contributed by atoms with Crippen LogP contribution in [0.1, 0.15) is 175 Å². The molecule has 0 unspecified atom stereocenters. The number of aliphatic hydroxyl groups excluding tert-OH is 2. The first-order chi connectivity index (χ1) is 28.3. The minimum Gasteiger partial charge on any atom is -0.493 e. The Morgan fingerprint density at radius 2 is 0.780 bits per heavy atom. The van der Waals surface area contributed by atoms with E-state index < -0.39 is 0 Å². The molecule has 4 nitrogen and oxygen atoms in total. The summed E-state index contributed by atoms with van der Waals surface area (Å²) in [5, 5.41) is 17.1. The van der Waals surface area contributed by atoms with Gasteiger partial charge in [0.1, 0.15) is 0 Å². The molecule has 0 aliphatic carbocycles. The Kier molecular flexibility index (Phi) is 25.1. The number of benzene rings is 4. The Morgan fingerprint density at radius 1 is 0.441 bits per heavy atom. The number of aliphatic hydroxyl groups is 2. The number of nitrogens with zero attached hydrogens (tertiary/aromatic N) is 2. The van der Waals surface area contributed by atoms with Gasteiger partial charge in [0.05, 0.1) is 13.2 Å². The zero-order valence-electron chi connectivity index (χ0n) is 37.9. The largest absolute Gasteiger partial charge is 0.493 e. The molecule has 0 saturated carbocycles. The molecule has 1 heterocycles. The molecule has 1 aliphatic rings. The van der Waals surface area contributed by atoms with Gasteiger partial charge < -0.3 is 15.7 Å². The van der Waals surface area contributed by atoms with Crippen molar-refractivity contribution in [2.75, 3.05) is 0 Å². The van der Waals surface area contributed by atoms with E-state index in [1.165, 1.54) is 94.2 Å². The first-order valence-corrected chi connectivity index (χ1v) is 22.9. The fourth-order valence-corrected chi connectivity index (χ4v) is 8.43. The summed E-state index contributed by atoms with van der Waals surface area (Å²) in [6.07, 6.45) is 18.3. The van der Waals surface area contributed by atoms with Gasteiger partial charge in [0.25, 0.3) is 0 Å². The summed E-state index contributed by atoms with van der Waals surface area (Å²) >= 11 is 0. The molecule has 0 fully saturated rings. The standard InChI is InChI=1S/C40H60N2.2C7H8O.Ni/c1-9-17-19-20-21-22-24-38-37(23-18-10-2)39(33-25-29(11-3)35(15-7)30(12-4)26-33)42(41)40(38)34-27-31(13-5)36(16-8)32(14-6)28-34;2*8-6-7-4-2-1-3-5-7;/h25-28H,9-24H2,1-8H3;2*1-5,8H,6H2;. The van der Waals surface area contributed by atoms with E-state index in [1.807, 2.05) is 60.7 Å². The molecule has 0 atom stereocenters. The van der Waals surface area contributed by atoms with Crippen LogP contribution in [-0.4, -0.2) is 14.9 Å². The molecule has 0 saturated heterocycles. The summed E-state index contributed by atoms with van der Waals surface area (Å²) in [6, 6.07) is 28.6. The van der Waals surface area contributed by atoms with Crippen LogP contribution in [0.4, 0.5) is 0 Å². The zero-order valence-corrected chi connectivity index (χ0v) is 38.9. The van der Waals surface area contributed by atoms with E-state index >= 15 is 0 Å². The van der Waals surface area contributed by atoms with E-state index in [-0.39, 0.29) is 29.7 Å². The fourth-order valence-electron chi connectivity index (χ4n) is 8.43. The molecule has 0 spiro atoms. The van der Waals surface area contributed by atoms with E-state index in [4.69, 9.17) is 10.2 Å². The average Bonchev–Trinajstić information content (AvgIpc) is 3.56. The van der Waals surface area contributed by atoms with Crippen LogP contribution >= 0.6 is 0 Å². The van der Waals surface area contributed by atoms with Gasteiger partial charge in [-0.25, -0.2) is 4.70 Å². The van der Waals surface area contributed by atoms with Gasteiger partial charge in [-0.2, -0.15) is 0 Å². The molecule has 0 bridgehead atoms. The molecule has 5 heteroatoms. The van der Waals surface area contributed by atoms with Crippen molar-refractivity contribution in [2.45, 2.75) is 171 Å². The summed E-state index contributed by atoms with van der Waals surface area (Å²) in [5.41, 5.74) is 30.2. The third-order valence-electron chi connectivity index (χ3n) is 11.6. The average molecular weight is 844 g/mol. The maximum atomic E-state index is 12.3. The van der Waals surface area contributed by atoms with E-state index in [1.54, 1.807) is 4.70 Å². The van der Waals surface area contributed by atoms with E-state index in [0.29, 0.717) is 0 Å². The number of hydrogen-bond donors (Lipinski definition) is 2. The number of hydrogen-bond acceptors (Lipinski definition) is 2. The van der Waals surface area contributed by atoms with Gasteiger partial charge in [-0.05, 0) is 133 Å². The molecular weight excluding hydrogens is 767 g/mol. The quantitative estimate of drug-likeness (QED) is 0.0529. The van der Waals surface area contributed by atoms with Crippen molar-refractivity contribution in [2.24, 2.45) is 0 Å². The summed E-state index contributed by atoms with van der Waals surface area (Å²) in [4.78, 5) is 0. The summed E-state index contributed by atoms with van der Waals surface area (Å²) in [7, 11) is 0. The van der Waals surface area contributed by atoms with Crippen molar-refractivity contribution < 1.29 is 31.4 Å². The molecule has 4 aromatic carbocycles. The van der Waals surface area contributed by atoms with Crippen molar-refractivity contribution in [3.05, 3.63) is 157 Å². The summed E-state index contributed by atoms with van der Waals surface area (Å²) in [6.45, 7) is 18.5. The monoisotopic (exact) mass is 843 g/mol. The minimum absolute atomic E-state index is 0. The van der Waals surface area contributed by atoms with Gasteiger partial charge in [-0.15, -0.1) is 0 Å². The zero-order chi connectivity index (χ0) is 42.3. The van der Waals surface area contributed by atoms with Gasteiger partial charge in [0.15, 0.2) is 0 Å². The molecule has 2 N–H and O–H groups in total. The molecule has 0 amide bonds. The van der Waals surface area contributed by atoms with Crippen LogP contribution in [0, 0.1) is 0 Å². The van der Waals surface area contributed by atoms with Crippen molar-refractivity contribution in [1.82, 2.24) is 0 Å². The van der Waals surface area contributed by atoms with Crippen LogP contribution in [0.15, 0.2) is 96.1 Å². The first kappa shape index (κ1) is 51.5. The Hall–Kier alpha value is -3.63. The molecular formula is C54H76N2NiO2. The van der Waals surface area contributed by atoms with Crippen molar-refractivity contribution in [1.29, 1.82) is 0 Å². The summed E-state index contributed by atoms with van der Waals surface area (Å²) in [5.74, 6) is 0. The molecule has 0 radical (unpaired) electrons. The number of unbranched alkanes of at least 4 members (excludes halogenated alkanes) is 6. The van der Waals surface area contributed by atoms with Gasteiger partial charge in [0, 0.05) is 38.8 Å². The molecule has 1 aliphatic heterocycles. The predicted molar refractivity (Wildman–Crippen MR) is 249 cm³/mol. The van der Waals surface area contributed by atoms with Gasteiger partial charge in [-0.3, -0.25) is 0 Å². The second-order valence-corrected chi connectivity index (χ2v) is 15.5. The molecule has 0 aromatic heterocycles. The van der Waals surface area contributed by atoms with Crippen LogP contribution in [0.2, 0.25) is 0 Å². The number of allylic oxidation sites excluding steroid dienone is 2. The van der Waals surface area contributed by atoms with Crippen LogP contribution in [0.5, 0.6) is 0 Å². The van der Waals surface area contributed by atoms with Gasteiger partial charge >= 0.3 is 0 Å². The topological polar surface area (TPSA) is 65.8 Å². The Bertz CT molecular complexity index is 1800. The van der Waals surface area contributed by atoms with Crippen molar-refractivity contribution in [3.8, 4) is 0 Å². The van der Waals surface area contributed by atoms with Crippen LogP contribution in [0.25, 0.3) is 16.9 Å². The van der Waals surface area contributed by atoms with Crippen molar-refractivity contribution >= 4 is 11.4 Å². The maximum Gasteiger partial charge on any atom is 0.211 e. The minimum atomic E-state index is 0. The second kappa shape index (κ2) is 28.8. The first-order valence-electron chi connectivity index (χ1n) is 22.9. The molecule has 59 heavy (non-hydrogen) atoms. The Labute approximate surface area is 369 Å². The van der Waals surface area contributed by atoms with E-state index in [9.17, 15) is 5.53 Å². The van der Waals surface area contributed by atoms with Crippen LogP contribution in [-0.2, 0) is 68.2 Å². The van der Waals surface area contributed by atoms with E-state index in [2.05, 4.69) is 79.7 Å². The molecule has 4 aromatic rings. The predicted octanol–water partition coefficient (Wildman–Crippen LogP) is 14.5. The Balaban J connectivity index is 0.000000580. The number of aryl methyl sites for hydroxylation is 4. The van der Waals surface area contributed by atoms with Crippen molar-refractivity contribution in [3.63, 3.8) is 0 Å². The Morgan fingerprint density at radius 3 is 1.08 bits per heavy atom. The maximum absolute atomic E-state index is 12.3. The van der Waals surface area contributed by atoms with Gasteiger partial charge in [0.2, 0.25) is 11.4 Å². The SMILES string of the molecule is CCCCCCCCC1=C(c2cc(CC)c(CC)c(CC)c2)[N+](=[N-])C(c2cc(CC)c(CC)c(CC)c2)=C1CCCC.OCc1ccccc1.OCc1ccccc1.[Ni]. The van der Waals surface area contributed by atoms with Crippen LogP contribution in [0.3, 0.4) is 0 Å². The molecule has 324 valence electrons. The fraction of sp³-hybridized carbons (Fsp3) is 0.481. The third kappa shape index (κ3) is 14.8. The summed E-state index contributed by atoms with van der Waals surface area (Å²) < 4.78 is 1.62. The van der Waals surface area contributed by atoms with Gasteiger partial charge in [-0.1, -0.05) is 155 Å². The third-order valence-corrected chi connectivity index (χ3v) is 11.6. The smallest absolute Gasteiger partial charge is 0.211 e. The molecule has 5 rings (SSSR count). The van der Waals surface area contributed by atoms with Crippen LogP contribution < -0.4 is 0 Å². The normalized spacial score (nSPS) is 12.2. The second-order valence-electron chi connectivity index (χ2n) is 15.5.